The molecule has 96 valence electrons. The minimum absolute atomic E-state index is 0.0600. The third kappa shape index (κ3) is 2.45. The standard InChI is InChI=1S/C13H17N3O2/c1-9-13(18)15-6-7-16(9)12(17)8-10-4-2-3-5-11(10)14/h2-5,9H,6-8,14H2,1H3,(H,15,18). The molecule has 2 amide bonds. The second-order valence-corrected chi connectivity index (χ2v) is 4.43. The Morgan fingerprint density at radius 3 is 2.94 bits per heavy atom. The zero-order valence-corrected chi connectivity index (χ0v) is 10.3. The van der Waals surface area contributed by atoms with Crippen molar-refractivity contribution in [2.75, 3.05) is 18.8 Å². The number of piperazine rings is 1. The van der Waals surface area contributed by atoms with Gasteiger partial charge in [-0.15, -0.1) is 0 Å². The Bertz CT molecular complexity index is 473. The molecule has 1 heterocycles. The summed E-state index contributed by atoms with van der Waals surface area (Å²) in [6, 6.07) is 6.89. The fourth-order valence-electron chi connectivity index (χ4n) is 2.08. The molecule has 0 saturated carbocycles. The number of benzene rings is 1. The molecule has 1 aliphatic heterocycles. The van der Waals surface area contributed by atoms with Crippen molar-refractivity contribution in [2.45, 2.75) is 19.4 Å². The van der Waals surface area contributed by atoms with Crippen LogP contribution in [0.2, 0.25) is 0 Å². The van der Waals surface area contributed by atoms with E-state index in [-0.39, 0.29) is 18.2 Å². The number of nitrogen functional groups attached to an aromatic ring is 1. The molecule has 5 heteroatoms. The second-order valence-electron chi connectivity index (χ2n) is 4.43. The molecule has 1 saturated heterocycles. The van der Waals surface area contributed by atoms with Gasteiger partial charge >= 0.3 is 0 Å². The minimum atomic E-state index is -0.406. The van der Waals surface area contributed by atoms with Gasteiger partial charge in [0.2, 0.25) is 11.8 Å². The number of carbonyl (C=O) groups excluding carboxylic acids is 2. The molecule has 1 aliphatic rings. The average molecular weight is 247 g/mol. The zero-order chi connectivity index (χ0) is 13.1. The summed E-state index contributed by atoms with van der Waals surface area (Å²) in [4.78, 5) is 25.3. The molecular weight excluding hydrogens is 230 g/mol. The van der Waals surface area contributed by atoms with E-state index in [0.29, 0.717) is 18.8 Å². The molecule has 5 nitrogen and oxygen atoms in total. The highest BCUT2D eigenvalue weighted by molar-refractivity contribution is 5.89. The van der Waals surface area contributed by atoms with Crippen LogP contribution < -0.4 is 11.1 Å². The Kier molecular flexibility index (Phi) is 3.50. The summed E-state index contributed by atoms with van der Waals surface area (Å²) in [5, 5.41) is 2.73. The van der Waals surface area contributed by atoms with Crippen LogP contribution in [-0.4, -0.2) is 35.8 Å². The van der Waals surface area contributed by atoms with E-state index in [2.05, 4.69) is 5.32 Å². The summed E-state index contributed by atoms with van der Waals surface area (Å²) in [6.45, 7) is 2.80. The number of rotatable bonds is 2. The smallest absolute Gasteiger partial charge is 0.242 e. The quantitative estimate of drug-likeness (QED) is 0.731. The summed E-state index contributed by atoms with van der Waals surface area (Å²) >= 11 is 0. The number of hydrogen-bond acceptors (Lipinski definition) is 3. The van der Waals surface area contributed by atoms with Crippen molar-refractivity contribution in [2.24, 2.45) is 0 Å². The molecule has 2 rings (SSSR count). The van der Waals surface area contributed by atoms with Crippen LogP contribution in [-0.2, 0) is 16.0 Å². The minimum Gasteiger partial charge on any atom is -0.398 e. The SMILES string of the molecule is CC1C(=O)NCCN1C(=O)Cc1ccccc1N. The summed E-state index contributed by atoms with van der Waals surface area (Å²) in [5.41, 5.74) is 7.23. The van der Waals surface area contributed by atoms with Crippen LogP contribution in [0.4, 0.5) is 5.69 Å². The molecule has 1 atom stereocenters. The molecule has 1 aromatic rings. The number of nitrogens with two attached hydrogens (primary N) is 1. The van der Waals surface area contributed by atoms with Crippen molar-refractivity contribution in [1.29, 1.82) is 0 Å². The van der Waals surface area contributed by atoms with Crippen LogP contribution >= 0.6 is 0 Å². The van der Waals surface area contributed by atoms with Gasteiger partial charge in [-0.05, 0) is 18.6 Å². The Labute approximate surface area is 106 Å². The van der Waals surface area contributed by atoms with Gasteiger partial charge in [0.1, 0.15) is 6.04 Å². The molecule has 0 aromatic heterocycles. The molecule has 18 heavy (non-hydrogen) atoms. The van der Waals surface area contributed by atoms with Gasteiger partial charge in [-0.25, -0.2) is 0 Å². The maximum absolute atomic E-state index is 12.2. The number of hydrogen-bond donors (Lipinski definition) is 2. The first kappa shape index (κ1) is 12.4. The van der Waals surface area contributed by atoms with Crippen LogP contribution in [0.25, 0.3) is 0 Å². The number of amides is 2. The lowest BCUT2D eigenvalue weighted by Gasteiger charge is -2.33. The van der Waals surface area contributed by atoms with Crippen LogP contribution in [0, 0.1) is 0 Å². The zero-order valence-electron chi connectivity index (χ0n) is 10.3. The summed E-state index contributed by atoms with van der Waals surface area (Å²) in [6.07, 6.45) is 0.240. The van der Waals surface area contributed by atoms with Gasteiger partial charge in [-0.1, -0.05) is 18.2 Å². The normalized spacial score (nSPS) is 19.5. The van der Waals surface area contributed by atoms with Gasteiger partial charge in [0, 0.05) is 18.8 Å². The number of para-hydroxylation sites is 1. The van der Waals surface area contributed by atoms with Crippen LogP contribution in [0.1, 0.15) is 12.5 Å². The van der Waals surface area contributed by atoms with E-state index < -0.39 is 6.04 Å². The largest absolute Gasteiger partial charge is 0.398 e. The van der Waals surface area contributed by atoms with Gasteiger partial charge in [-0.2, -0.15) is 0 Å². The fraction of sp³-hybridized carbons (Fsp3) is 0.385. The fourth-order valence-corrected chi connectivity index (χ4v) is 2.08. The summed E-state index contributed by atoms with van der Waals surface area (Å²) in [5.74, 6) is -0.161. The lowest BCUT2D eigenvalue weighted by atomic mass is 10.1. The highest BCUT2D eigenvalue weighted by Gasteiger charge is 2.29. The molecule has 1 aromatic carbocycles. The van der Waals surface area contributed by atoms with Crippen LogP contribution in [0.3, 0.4) is 0 Å². The van der Waals surface area contributed by atoms with E-state index in [4.69, 9.17) is 5.73 Å². The highest BCUT2D eigenvalue weighted by atomic mass is 16.2. The Balaban J connectivity index is 2.08. The Hall–Kier alpha value is -2.04. The van der Waals surface area contributed by atoms with Crippen molar-refractivity contribution in [1.82, 2.24) is 10.2 Å². The Morgan fingerprint density at radius 2 is 2.22 bits per heavy atom. The van der Waals surface area contributed by atoms with E-state index in [1.165, 1.54) is 0 Å². The third-order valence-corrected chi connectivity index (χ3v) is 3.22. The molecule has 3 N–H and O–H groups in total. The van der Waals surface area contributed by atoms with Crippen molar-refractivity contribution in [3.05, 3.63) is 29.8 Å². The van der Waals surface area contributed by atoms with Gasteiger partial charge in [0.05, 0.1) is 6.42 Å². The predicted molar refractivity (Wildman–Crippen MR) is 68.7 cm³/mol. The van der Waals surface area contributed by atoms with Gasteiger partial charge in [-0.3, -0.25) is 9.59 Å². The lowest BCUT2D eigenvalue weighted by molar-refractivity contribution is -0.142. The van der Waals surface area contributed by atoms with Crippen molar-refractivity contribution in [3.63, 3.8) is 0 Å². The molecule has 0 aliphatic carbocycles. The summed E-state index contributed by atoms with van der Waals surface area (Å²) in [7, 11) is 0. The predicted octanol–water partition coefficient (Wildman–Crippen LogP) is 0.158. The maximum atomic E-state index is 12.2. The van der Waals surface area contributed by atoms with Crippen LogP contribution in [0.5, 0.6) is 0 Å². The average Bonchev–Trinajstić information content (AvgIpc) is 2.35. The molecule has 1 fully saturated rings. The lowest BCUT2D eigenvalue weighted by Crippen LogP contribution is -2.56. The number of anilines is 1. The van der Waals surface area contributed by atoms with E-state index in [1.54, 1.807) is 17.9 Å². The van der Waals surface area contributed by atoms with Crippen molar-refractivity contribution < 1.29 is 9.59 Å². The van der Waals surface area contributed by atoms with Gasteiger partial charge < -0.3 is 16.0 Å². The van der Waals surface area contributed by atoms with Crippen molar-refractivity contribution >= 4 is 17.5 Å². The number of carbonyl (C=O) groups is 2. The second kappa shape index (κ2) is 5.08. The van der Waals surface area contributed by atoms with E-state index >= 15 is 0 Å². The number of nitrogens with one attached hydrogen (secondary N) is 1. The highest BCUT2D eigenvalue weighted by Crippen LogP contribution is 2.14. The first-order valence-corrected chi connectivity index (χ1v) is 6.00. The number of nitrogens with zero attached hydrogens (tertiary/aromatic N) is 1. The van der Waals surface area contributed by atoms with Gasteiger partial charge in [0.15, 0.2) is 0 Å². The summed E-state index contributed by atoms with van der Waals surface area (Å²) < 4.78 is 0. The van der Waals surface area contributed by atoms with Gasteiger partial charge in [0.25, 0.3) is 0 Å². The molecule has 0 radical (unpaired) electrons. The van der Waals surface area contributed by atoms with E-state index in [9.17, 15) is 9.59 Å². The van der Waals surface area contributed by atoms with Crippen LogP contribution in [0.15, 0.2) is 24.3 Å². The molecule has 0 bridgehead atoms. The molecule has 0 spiro atoms. The third-order valence-electron chi connectivity index (χ3n) is 3.22. The van der Waals surface area contributed by atoms with E-state index in [1.807, 2.05) is 18.2 Å². The molecule has 1 unspecified atom stereocenters. The maximum Gasteiger partial charge on any atom is 0.242 e. The van der Waals surface area contributed by atoms with E-state index in [0.717, 1.165) is 5.56 Å². The monoisotopic (exact) mass is 247 g/mol. The first-order valence-electron chi connectivity index (χ1n) is 6.00. The topological polar surface area (TPSA) is 75.4 Å². The van der Waals surface area contributed by atoms with Crippen molar-refractivity contribution in [3.8, 4) is 0 Å². The first-order chi connectivity index (χ1) is 8.59. The Morgan fingerprint density at radius 1 is 1.50 bits per heavy atom. The molecular formula is C13H17N3O2.